The lowest BCUT2D eigenvalue weighted by Gasteiger charge is -2.24. The molecule has 3 aromatic heterocycles. The number of nitrogens with one attached hydrogen (secondary N) is 1. The summed E-state index contributed by atoms with van der Waals surface area (Å²) in [5.74, 6) is 0.0559. The monoisotopic (exact) mass is 551 g/mol. The summed E-state index contributed by atoms with van der Waals surface area (Å²) in [4.78, 5) is 15.1. The third-order valence-corrected chi connectivity index (χ3v) is 7.58. The van der Waals surface area contributed by atoms with Crippen molar-refractivity contribution in [1.82, 2.24) is 34.2 Å². The van der Waals surface area contributed by atoms with Gasteiger partial charge in [0.2, 0.25) is 5.88 Å². The number of rotatable bonds is 3. The molecule has 1 fully saturated rings. The molecule has 0 aliphatic carbocycles. The van der Waals surface area contributed by atoms with Crippen molar-refractivity contribution in [2.24, 2.45) is 7.05 Å². The largest absolute Gasteiger partial charge is 0.473 e. The number of benzene rings is 1. The maximum absolute atomic E-state index is 15.8. The van der Waals surface area contributed by atoms with E-state index in [0.717, 1.165) is 30.3 Å². The Labute approximate surface area is 230 Å². The van der Waals surface area contributed by atoms with Gasteiger partial charge in [0, 0.05) is 43.8 Å². The predicted octanol–water partition coefficient (Wildman–Crippen LogP) is 3.14. The number of fused-ring (bicyclic) bond motifs is 4. The third-order valence-electron chi connectivity index (χ3n) is 7.58. The molecule has 12 heteroatoms. The summed E-state index contributed by atoms with van der Waals surface area (Å²) in [5, 5.41) is 22.4. The SMILES string of the molecule is C[C@H]1CN(C)Cc2c(c(=O)[nH]n2CCO)/C=C/c2nn(C3CCCCO3)c3cc(F)c(cc23)-c2cnn(C)c2O1. The van der Waals surface area contributed by atoms with E-state index in [0.29, 0.717) is 53.5 Å². The highest BCUT2D eigenvalue weighted by molar-refractivity contribution is 5.93. The molecule has 0 amide bonds. The first kappa shape index (κ1) is 26.5. The molecule has 1 aromatic carbocycles. The first-order chi connectivity index (χ1) is 19.3. The Balaban J connectivity index is 1.58. The molecule has 11 nitrogen and oxygen atoms in total. The number of hydrogen-bond donors (Lipinski definition) is 2. The predicted molar refractivity (Wildman–Crippen MR) is 148 cm³/mol. The fourth-order valence-electron chi connectivity index (χ4n) is 5.71. The number of aromatic amines is 1. The summed E-state index contributed by atoms with van der Waals surface area (Å²) < 4.78 is 33.2. The van der Waals surface area contributed by atoms with Crippen molar-refractivity contribution in [3.05, 3.63) is 51.5 Å². The highest BCUT2D eigenvalue weighted by Gasteiger charge is 2.25. The van der Waals surface area contributed by atoms with Crippen molar-refractivity contribution in [3.63, 3.8) is 0 Å². The normalized spacial score (nSPS) is 21.0. The van der Waals surface area contributed by atoms with Crippen LogP contribution in [0.2, 0.25) is 0 Å². The molecule has 6 rings (SSSR count). The first-order valence-electron chi connectivity index (χ1n) is 13.7. The van der Waals surface area contributed by atoms with Gasteiger partial charge in [-0.15, -0.1) is 0 Å². The lowest BCUT2D eigenvalue weighted by Crippen LogP contribution is -2.32. The van der Waals surface area contributed by atoms with E-state index >= 15 is 4.39 Å². The minimum absolute atomic E-state index is 0.113. The Bertz CT molecular complexity index is 1630. The van der Waals surface area contributed by atoms with Crippen LogP contribution in [0.1, 0.15) is 49.4 Å². The standard InChI is InChI=1S/C28H34FN7O4/c1-17-15-33(2)16-25-18(27(38)32-35(25)9-10-37)7-8-23-20-12-19(21-14-30-34(3)28(21)40-17)22(29)13-24(20)36(31-23)26-6-4-5-11-39-26/h7-8,12-14,17,26,37H,4-6,9-11,15-16H2,1-3H3,(H,32,38)/b8-7+/t17-,26?/m0/s1. The van der Waals surface area contributed by atoms with Gasteiger partial charge in [-0.3, -0.25) is 19.5 Å². The fourth-order valence-corrected chi connectivity index (χ4v) is 5.71. The summed E-state index contributed by atoms with van der Waals surface area (Å²) >= 11 is 0. The lowest BCUT2D eigenvalue weighted by atomic mass is 10.0. The minimum Gasteiger partial charge on any atom is -0.473 e. The molecule has 212 valence electrons. The van der Waals surface area contributed by atoms with E-state index in [4.69, 9.17) is 14.6 Å². The Morgan fingerprint density at radius 1 is 1.20 bits per heavy atom. The molecular weight excluding hydrogens is 517 g/mol. The lowest BCUT2D eigenvalue weighted by molar-refractivity contribution is -0.0367. The number of H-pyrrole nitrogens is 1. The fraction of sp³-hybridized carbons (Fsp3) is 0.464. The second-order valence-electron chi connectivity index (χ2n) is 10.6. The van der Waals surface area contributed by atoms with Gasteiger partial charge in [-0.1, -0.05) is 0 Å². The first-order valence-corrected chi connectivity index (χ1v) is 13.7. The second kappa shape index (κ2) is 10.7. The number of aromatic nitrogens is 6. The van der Waals surface area contributed by atoms with Gasteiger partial charge in [-0.2, -0.15) is 10.2 Å². The van der Waals surface area contributed by atoms with Crippen molar-refractivity contribution in [2.75, 3.05) is 26.8 Å². The van der Waals surface area contributed by atoms with Gasteiger partial charge in [-0.05, 0) is 51.5 Å². The summed E-state index contributed by atoms with van der Waals surface area (Å²) in [7, 11) is 3.71. The van der Waals surface area contributed by atoms with Gasteiger partial charge in [0.15, 0.2) is 6.23 Å². The molecule has 2 aliphatic rings. The van der Waals surface area contributed by atoms with Crippen LogP contribution in [0.15, 0.2) is 23.1 Å². The van der Waals surface area contributed by atoms with E-state index in [9.17, 15) is 9.90 Å². The highest BCUT2D eigenvalue weighted by Crippen LogP contribution is 2.37. The number of ether oxygens (including phenoxy) is 2. The molecule has 1 unspecified atom stereocenters. The Kier molecular flexibility index (Phi) is 7.07. The van der Waals surface area contributed by atoms with Gasteiger partial charge < -0.3 is 14.6 Å². The number of nitrogens with zero attached hydrogens (tertiary/aromatic N) is 6. The quantitative estimate of drug-likeness (QED) is 0.402. The molecule has 2 aliphatic heterocycles. The van der Waals surface area contributed by atoms with Gasteiger partial charge in [0.1, 0.15) is 11.9 Å². The maximum atomic E-state index is 15.8. The molecule has 5 heterocycles. The van der Waals surface area contributed by atoms with E-state index < -0.39 is 5.82 Å². The summed E-state index contributed by atoms with van der Waals surface area (Å²) in [5.41, 5.74) is 3.08. The van der Waals surface area contributed by atoms with Crippen molar-refractivity contribution in [2.45, 2.75) is 51.6 Å². The molecule has 0 saturated carbocycles. The van der Waals surface area contributed by atoms with Crippen molar-refractivity contribution in [3.8, 4) is 17.0 Å². The van der Waals surface area contributed by atoms with Gasteiger partial charge in [-0.25, -0.2) is 13.8 Å². The molecular formula is C28H34FN7O4. The molecule has 4 aromatic rings. The van der Waals surface area contributed by atoms with Crippen LogP contribution in [-0.4, -0.2) is 72.3 Å². The minimum atomic E-state index is -0.410. The Morgan fingerprint density at radius 2 is 2.05 bits per heavy atom. The molecule has 2 N–H and O–H groups in total. The number of aryl methyl sites for hydroxylation is 1. The number of hydrogen-bond acceptors (Lipinski definition) is 7. The number of halogens is 1. The molecule has 0 radical (unpaired) electrons. The topological polar surface area (TPSA) is 115 Å². The van der Waals surface area contributed by atoms with Crippen molar-refractivity contribution in [1.29, 1.82) is 0 Å². The molecule has 1 saturated heterocycles. The highest BCUT2D eigenvalue weighted by atomic mass is 19.1. The maximum Gasteiger partial charge on any atom is 0.271 e. The van der Waals surface area contributed by atoms with Gasteiger partial charge in [0.25, 0.3) is 5.56 Å². The zero-order chi connectivity index (χ0) is 28.0. The average molecular weight is 552 g/mol. The Hall–Kier alpha value is -3.74. The molecule has 40 heavy (non-hydrogen) atoms. The van der Waals surface area contributed by atoms with Crippen LogP contribution in [-0.2, 0) is 24.9 Å². The van der Waals surface area contributed by atoms with E-state index in [-0.39, 0.29) is 31.0 Å². The zero-order valence-electron chi connectivity index (χ0n) is 22.9. The number of likely N-dealkylation sites (N-methyl/N-ethyl adjacent to an activating group) is 1. The number of aliphatic hydroxyl groups is 1. The van der Waals surface area contributed by atoms with Crippen LogP contribution in [0.4, 0.5) is 4.39 Å². The molecule has 0 spiro atoms. The van der Waals surface area contributed by atoms with E-state index in [1.807, 2.05) is 18.9 Å². The van der Waals surface area contributed by atoms with E-state index in [1.54, 1.807) is 45.5 Å². The van der Waals surface area contributed by atoms with Crippen LogP contribution >= 0.6 is 0 Å². The molecule has 2 bridgehead atoms. The summed E-state index contributed by atoms with van der Waals surface area (Å²) in [6.45, 7) is 3.68. The summed E-state index contributed by atoms with van der Waals surface area (Å²) in [6.07, 6.45) is 7.35. The third kappa shape index (κ3) is 4.76. The van der Waals surface area contributed by atoms with Crippen LogP contribution in [0.5, 0.6) is 5.88 Å². The Morgan fingerprint density at radius 3 is 2.83 bits per heavy atom. The van der Waals surface area contributed by atoms with Crippen molar-refractivity contribution < 1.29 is 19.0 Å². The van der Waals surface area contributed by atoms with E-state index in [1.165, 1.54) is 6.07 Å². The van der Waals surface area contributed by atoms with Crippen LogP contribution in [0.3, 0.4) is 0 Å². The summed E-state index contributed by atoms with van der Waals surface area (Å²) in [6, 6.07) is 3.27. The van der Waals surface area contributed by atoms with Crippen molar-refractivity contribution >= 4 is 23.1 Å². The van der Waals surface area contributed by atoms with Crippen LogP contribution < -0.4 is 10.3 Å². The smallest absolute Gasteiger partial charge is 0.271 e. The average Bonchev–Trinajstić information content (AvgIpc) is 3.55. The van der Waals surface area contributed by atoms with Gasteiger partial charge in [0.05, 0.1) is 47.4 Å². The zero-order valence-corrected chi connectivity index (χ0v) is 22.9. The van der Waals surface area contributed by atoms with E-state index in [2.05, 4.69) is 10.2 Å². The second-order valence-corrected chi connectivity index (χ2v) is 10.6. The van der Waals surface area contributed by atoms with Gasteiger partial charge >= 0.3 is 0 Å². The molecule has 2 atom stereocenters. The van der Waals surface area contributed by atoms with Crippen LogP contribution in [0, 0.1) is 5.82 Å². The van der Waals surface area contributed by atoms with Crippen LogP contribution in [0.25, 0.3) is 34.2 Å². The number of aliphatic hydroxyl groups excluding tert-OH is 1.